The van der Waals surface area contributed by atoms with Crippen LogP contribution in [0.15, 0.2) is 32.5 Å². The molecule has 0 bridgehead atoms. The molecule has 6 heteroatoms. The van der Waals surface area contributed by atoms with E-state index in [1.807, 2.05) is 0 Å². The van der Waals surface area contributed by atoms with E-state index in [2.05, 4.69) is 31.9 Å². The van der Waals surface area contributed by atoms with Crippen LogP contribution in [0.3, 0.4) is 0 Å². The second kappa shape index (κ2) is 6.15. The lowest BCUT2D eigenvalue weighted by Gasteiger charge is -2.06. The van der Waals surface area contributed by atoms with Crippen LogP contribution in [-0.4, -0.2) is 12.9 Å². The number of rotatable bonds is 4. The van der Waals surface area contributed by atoms with Gasteiger partial charge in [0.2, 0.25) is 0 Å². The molecule has 0 atom stereocenters. The van der Waals surface area contributed by atoms with Crippen LogP contribution in [0.5, 0.6) is 5.75 Å². The van der Waals surface area contributed by atoms with Crippen molar-refractivity contribution in [1.82, 2.24) is 0 Å². The zero-order valence-electron chi connectivity index (χ0n) is 9.88. The molecule has 19 heavy (non-hydrogen) atoms. The van der Waals surface area contributed by atoms with Gasteiger partial charge in [-0.15, -0.1) is 11.3 Å². The van der Waals surface area contributed by atoms with Crippen LogP contribution in [0.4, 0.5) is 4.39 Å². The molecule has 0 spiro atoms. The predicted molar refractivity (Wildman–Crippen MR) is 80.7 cm³/mol. The van der Waals surface area contributed by atoms with E-state index in [0.29, 0.717) is 10.4 Å². The second-order valence-corrected chi connectivity index (χ2v) is 6.99. The maximum absolute atomic E-state index is 13.9. The van der Waals surface area contributed by atoms with Gasteiger partial charge in [-0.25, -0.2) is 4.39 Å². The van der Waals surface area contributed by atoms with Gasteiger partial charge in [0.15, 0.2) is 17.3 Å². The maximum Gasteiger partial charge on any atom is 0.177 e. The van der Waals surface area contributed by atoms with Gasteiger partial charge >= 0.3 is 0 Å². The molecular weight excluding hydrogens is 399 g/mol. The van der Waals surface area contributed by atoms with Crippen LogP contribution in [0.2, 0.25) is 0 Å². The number of ketones is 1. The van der Waals surface area contributed by atoms with E-state index in [1.165, 1.54) is 24.5 Å². The Labute approximate surface area is 130 Å². The van der Waals surface area contributed by atoms with Gasteiger partial charge in [0.1, 0.15) is 0 Å². The highest BCUT2D eigenvalue weighted by Crippen LogP contribution is 2.33. The fourth-order valence-corrected chi connectivity index (χ4v) is 3.57. The van der Waals surface area contributed by atoms with E-state index in [1.54, 1.807) is 18.2 Å². The van der Waals surface area contributed by atoms with Crippen molar-refractivity contribution in [2.24, 2.45) is 0 Å². The number of hydrogen-bond donors (Lipinski definition) is 0. The molecule has 1 heterocycles. The number of carbonyl (C=O) groups is 1. The van der Waals surface area contributed by atoms with Crippen LogP contribution in [0.25, 0.3) is 0 Å². The van der Waals surface area contributed by atoms with Gasteiger partial charge in [-0.3, -0.25) is 4.79 Å². The fraction of sp³-hybridized carbons (Fsp3) is 0.154. The SMILES string of the molecule is COc1cccc(CC(=O)c2cc(Br)c(Br)s2)c1F. The third-order valence-corrected chi connectivity index (χ3v) is 5.83. The maximum atomic E-state index is 13.9. The average molecular weight is 408 g/mol. The van der Waals surface area contributed by atoms with Crippen LogP contribution in [0.1, 0.15) is 15.2 Å². The quantitative estimate of drug-likeness (QED) is 0.677. The van der Waals surface area contributed by atoms with Crippen LogP contribution in [-0.2, 0) is 6.42 Å². The topological polar surface area (TPSA) is 26.3 Å². The summed E-state index contributed by atoms with van der Waals surface area (Å²) in [5, 5.41) is 0. The fourth-order valence-electron chi connectivity index (χ4n) is 1.59. The molecule has 0 aliphatic carbocycles. The molecule has 1 aromatic heterocycles. The minimum Gasteiger partial charge on any atom is -0.494 e. The van der Waals surface area contributed by atoms with Gasteiger partial charge in [0, 0.05) is 10.9 Å². The lowest BCUT2D eigenvalue weighted by atomic mass is 10.1. The summed E-state index contributed by atoms with van der Waals surface area (Å²) in [6.07, 6.45) is 0.0163. The van der Waals surface area contributed by atoms with Crippen LogP contribution < -0.4 is 4.74 Å². The Morgan fingerprint density at radius 1 is 1.42 bits per heavy atom. The van der Waals surface area contributed by atoms with Crippen molar-refractivity contribution in [2.45, 2.75) is 6.42 Å². The third kappa shape index (κ3) is 3.24. The predicted octanol–water partition coefficient (Wildman–Crippen LogP) is 4.85. The number of halogens is 3. The normalized spacial score (nSPS) is 10.5. The summed E-state index contributed by atoms with van der Waals surface area (Å²) >= 11 is 7.98. The molecule has 100 valence electrons. The van der Waals surface area contributed by atoms with Crippen molar-refractivity contribution in [3.8, 4) is 5.75 Å². The highest BCUT2D eigenvalue weighted by molar-refractivity contribution is 9.13. The Hall–Kier alpha value is -0.720. The Kier molecular flexibility index (Phi) is 4.76. The molecule has 2 nitrogen and oxygen atoms in total. The first-order valence-electron chi connectivity index (χ1n) is 5.32. The van der Waals surface area contributed by atoms with Gasteiger partial charge in [0.25, 0.3) is 0 Å². The molecule has 0 fully saturated rings. The number of hydrogen-bond acceptors (Lipinski definition) is 3. The van der Waals surface area contributed by atoms with Crippen molar-refractivity contribution in [1.29, 1.82) is 0 Å². The molecule has 0 saturated heterocycles. The number of Topliss-reactive ketones (excluding diaryl/α,β-unsaturated/α-hetero) is 1. The Bertz CT molecular complexity index is 606. The molecule has 0 saturated carbocycles. The number of carbonyl (C=O) groups excluding carboxylic acids is 1. The Morgan fingerprint density at radius 2 is 2.16 bits per heavy atom. The van der Waals surface area contributed by atoms with Crippen molar-refractivity contribution >= 4 is 49.0 Å². The molecular formula is C13H9Br2FO2S. The molecule has 1 aromatic carbocycles. The first-order valence-corrected chi connectivity index (χ1v) is 7.72. The molecule has 0 radical (unpaired) electrons. The first-order chi connectivity index (χ1) is 9.02. The van der Waals surface area contributed by atoms with E-state index in [9.17, 15) is 9.18 Å². The second-order valence-electron chi connectivity index (χ2n) is 3.77. The van der Waals surface area contributed by atoms with Crippen LogP contribution in [0, 0.1) is 5.82 Å². The van der Waals surface area contributed by atoms with Crippen molar-refractivity contribution in [3.05, 3.63) is 48.8 Å². The number of methoxy groups -OCH3 is 1. The molecule has 0 aliphatic rings. The largest absolute Gasteiger partial charge is 0.494 e. The summed E-state index contributed by atoms with van der Waals surface area (Å²) in [4.78, 5) is 12.7. The summed E-state index contributed by atoms with van der Waals surface area (Å²) in [7, 11) is 1.40. The summed E-state index contributed by atoms with van der Waals surface area (Å²) in [6.45, 7) is 0. The van der Waals surface area contributed by atoms with Gasteiger partial charge in [-0.2, -0.15) is 0 Å². The van der Waals surface area contributed by atoms with E-state index >= 15 is 0 Å². The van der Waals surface area contributed by atoms with Gasteiger partial charge in [-0.05, 0) is 49.6 Å². The average Bonchev–Trinajstić information content (AvgIpc) is 2.72. The van der Waals surface area contributed by atoms with E-state index in [-0.39, 0.29) is 18.0 Å². The van der Waals surface area contributed by atoms with E-state index in [0.717, 1.165) is 8.26 Å². The van der Waals surface area contributed by atoms with Crippen molar-refractivity contribution in [3.63, 3.8) is 0 Å². The Balaban J connectivity index is 2.24. The minimum atomic E-state index is -0.479. The lowest BCUT2D eigenvalue weighted by molar-refractivity contribution is 0.0995. The standard InChI is InChI=1S/C13H9Br2FO2S/c1-18-10-4-2-3-7(12(10)16)5-9(17)11-6-8(14)13(15)19-11/h2-4,6H,5H2,1H3. The molecule has 0 aliphatic heterocycles. The Morgan fingerprint density at radius 3 is 2.74 bits per heavy atom. The molecule has 2 rings (SSSR count). The van der Waals surface area contributed by atoms with Gasteiger partial charge in [-0.1, -0.05) is 12.1 Å². The van der Waals surface area contributed by atoms with Crippen LogP contribution >= 0.6 is 43.2 Å². The van der Waals surface area contributed by atoms with Crippen molar-refractivity contribution < 1.29 is 13.9 Å². The molecule has 0 amide bonds. The lowest BCUT2D eigenvalue weighted by Crippen LogP contribution is -2.04. The molecule has 2 aromatic rings. The summed E-state index contributed by atoms with van der Waals surface area (Å²) in [6, 6.07) is 6.52. The third-order valence-electron chi connectivity index (χ3n) is 2.53. The summed E-state index contributed by atoms with van der Waals surface area (Å²) in [5.74, 6) is -0.449. The van der Waals surface area contributed by atoms with E-state index in [4.69, 9.17) is 4.74 Å². The summed E-state index contributed by atoms with van der Waals surface area (Å²) < 4.78 is 20.5. The first kappa shape index (κ1) is 14.7. The number of thiophene rings is 1. The zero-order chi connectivity index (χ0) is 14.0. The number of benzene rings is 1. The minimum absolute atomic E-state index is 0.0163. The smallest absolute Gasteiger partial charge is 0.177 e. The highest BCUT2D eigenvalue weighted by Gasteiger charge is 2.16. The molecule has 0 N–H and O–H groups in total. The zero-order valence-corrected chi connectivity index (χ0v) is 13.9. The molecule has 0 unspecified atom stereocenters. The number of ether oxygens (including phenoxy) is 1. The highest BCUT2D eigenvalue weighted by atomic mass is 79.9. The van der Waals surface area contributed by atoms with E-state index < -0.39 is 5.82 Å². The summed E-state index contributed by atoms with van der Waals surface area (Å²) in [5.41, 5.74) is 0.338. The van der Waals surface area contributed by atoms with Crippen molar-refractivity contribution in [2.75, 3.05) is 7.11 Å². The monoisotopic (exact) mass is 406 g/mol. The van der Waals surface area contributed by atoms with Gasteiger partial charge in [0.05, 0.1) is 15.8 Å². The van der Waals surface area contributed by atoms with Gasteiger partial charge < -0.3 is 4.74 Å².